The lowest BCUT2D eigenvalue weighted by Gasteiger charge is -2.59. The molecule has 4 fully saturated rings. The highest BCUT2D eigenvalue weighted by molar-refractivity contribution is 6.32. The molecule has 0 aromatic heterocycles. The van der Waals surface area contributed by atoms with Gasteiger partial charge in [-0.1, -0.05) is 11.6 Å². The molecule has 158 valence electrons. The topological polar surface area (TPSA) is 108 Å². The SMILES string of the molecule is CC(NC(=O)/C(C#N)=C\Nc1ccc(Cl)c([N+](=O)[O-])c1)C12CC3CC(CC(C3)C1)C2. The van der Waals surface area contributed by atoms with Crippen LogP contribution in [-0.2, 0) is 4.79 Å². The van der Waals surface area contributed by atoms with E-state index in [0.29, 0.717) is 5.69 Å². The van der Waals surface area contributed by atoms with Crippen LogP contribution in [0.15, 0.2) is 30.0 Å². The first-order valence-corrected chi connectivity index (χ1v) is 10.8. The summed E-state index contributed by atoms with van der Waals surface area (Å²) in [6, 6.07) is 6.15. The summed E-state index contributed by atoms with van der Waals surface area (Å²) in [5, 5.41) is 26.4. The molecule has 1 aromatic rings. The molecule has 1 amide bonds. The van der Waals surface area contributed by atoms with Gasteiger partial charge in [-0.15, -0.1) is 0 Å². The second kappa shape index (κ2) is 7.92. The van der Waals surface area contributed by atoms with E-state index < -0.39 is 10.8 Å². The Morgan fingerprint density at radius 2 is 1.90 bits per heavy atom. The van der Waals surface area contributed by atoms with Gasteiger partial charge in [0, 0.05) is 24.0 Å². The number of nitriles is 1. The van der Waals surface area contributed by atoms with Crippen molar-refractivity contribution in [3.05, 3.63) is 45.1 Å². The van der Waals surface area contributed by atoms with Crippen molar-refractivity contribution in [3.63, 3.8) is 0 Å². The van der Waals surface area contributed by atoms with Crippen LogP contribution in [0.4, 0.5) is 11.4 Å². The van der Waals surface area contributed by atoms with Gasteiger partial charge in [-0.05, 0) is 80.8 Å². The van der Waals surface area contributed by atoms with Crippen LogP contribution in [0.2, 0.25) is 5.02 Å². The Hall–Kier alpha value is -2.59. The first-order valence-electron chi connectivity index (χ1n) is 10.4. The molecule has 2 N–H and O–H groups in total. The summed E-state index contributed by atoms with van der Waals surface area (Å²) in [4.78, 5) is 23.2. The number of carbonyl (C=O) groups is 1. The molecule has 7 nitrogen and oxygen atoms in total. The maximum Gasteiger partial charge on any atom is 0.289 e. The fourth-order valence-corrected chi connectivity index (χ4v) is 6.37. The van der Waals surface area contributed by atoms with Crippen molar-refractivity contribution in [2.45, 2.75) is 51.5 Å². The molecule has 0 heterocycles. The van der Waals surface area contributed by atoms with E-state index in [9.17, 15) is 20.2 Å². The number of rotatable bonds is 6. The molecule has 0 saturated heterocycles. The highest BCUT2D eigenvalue weighted by Crippen LogP contribution is 2.61. The Morgan fingerprint density at radius 1 is 1.30 bits per heavy atom. The van der Waals surface area contributed by atoms with Crippen LogP contribution in [0.25, 0.3) is 0 Å². The van der Waals surface area contributed by atoms with Gasteiger partial charge in [-0.3, -0.25) is 14.9 Å². The number of amides is 1. The lowest BCUT2D eigenvalue weighted by atomic mass is 9.48. The number of nitrogens with zero attached hydrogens (tertiary/aromatic N) is 2. The van der Waals surface area contributed by atoms with Crippen molar-refractivity contribution in [1.82, 2.24) is 5.32 Å². The highest BCUT2D eigenvalue weighted by atomic mass is 35.5. The third kappa shape index (κ3) is 3.89. The monoisotopic (exact) mass is 428 g/mol. The van der Waals surface area contributed by atoms with Crippen LogP contribution >= 0.6 is 11.6 Å². The van der Waals surface area contributed by atoms with Crippen LogP contribution in [0.1, 0.15) is 45.4 Å². The second-order valence-corrected chi connectivity index (χ2v) is 9.62. The molecule has 8 heteroatoms. The maximum absolute atomic E-state index is 12.8. The van der Waals surface area contributed by atoms with E-state index in [1.807, 2.05) is 6.07 Å². The Labute approximate surface area is 180 Å². The Balaban J connectivity index is 1.44. The number of anilines is 1. The van der Waals surface area contributed by atoms with E-state index >= 15 is 0 Å². The van der Waals surface area contributed by atoms with E-state index in [-0.39, 0.29) is 27.7 Å². The van der Waals surface area contributed by atoms with Crippen molar-refractivity contribution in [2.24, 2.45) is 23.2 Å². The van der Waals surface area contributed by atoms with E-state index in [1.165, 1.54) is 56.9 Å². The lowest BCUT2D eigenvalue weighted by Crippen LogP contribution is -2.56. The zero-order valence-electron chi connectivity index (χ0n) is 16.9. The molecule has 1 atom stereocenters. The van der Waals surface area contributed by atoms with Gasteiger partial charge in [-0.25, -0.2) is 0 Å². The summed E-state index contributed by atoms with van der Waals surface area (Å²) >= 11 is 5.82. The van der Waals surface area contributed by atoms with Crippen molar-refractivity contribution >= 4 is 28.9 Å². The first kappa shape index (κ1) is 20.7. The average Bonchev–Trinajstić information content (AvgIpc) is 2.68. The number of benzene rings is 1. The molecule has 5 rings (SSSR count). The van der Waals surface area contributed by atoms with Crippen LogP contribution in [-0.4, -0.2) is 16.9 Å². The van der Waals surface area contributed by atoms with Gasteiger partial charge >= 0.3 is 0 Å². The van der Waals surface area contributed by atoms with Crippen molar-refractivity contribution in [2.75, 3.05) is 5.32 Å². The summed E-state index contributed by atoms with van der Waals surface area (Å²) in [5.41, 5.74) is 0.216. The number of nitro groups is 1. The summed E-state index contributed by atoms with van der Waals surface area (Å²) < 4.78 is 0. The standard InChI is InChI=1S/C22H25ClN4O3/c1-13(22-8-14-4-15(9-22)6-16(5-14)10-22)26-21(28)17(11-24)12-25-18-2-3-19(23)20(7-18)27(29)30/h2-3,7,12-16,25H,4-6,8-10H2,1H3,(H,26,28)/b17-12-. The van der Waals surface area contributed by atoms with Crippen molar-refractivity contribution < 1.29 is 9.72 Å². The summed E-state index contributed by atoms with van der Waals surface area (Å²) in [6.07, 6.45) is 8.78. The Bertz CT molecular complexity index is 917. The van der Waals surface area contributed by atoms with Gasteiger partial charge in [0.1, 0.15) is 16.7 Å². The fraction of sp³-hybridized carbons (Fsp3) is 0.545. The molecule has 1 unspecified atom stereocenters. The van der Waals surface area contributed by atoms with Gasteiger partial charge in [-0.2, -0.15) is 5.26 Å². The number of nitro benzene ring substituents is 1. The normalized spacial score (nSPS) is 30.4. The third-order valence-corrected chi connectivity index (χ3v) is 7.56. The predicted octanol–water partition coefficient (Wildman–Crippen LogP) is 4.79. The fourth-order valence-electron chi connectivity index (χ4n) is 6.18. The summed E-state index contributed by atoms with van der Waals surface area (Å²) in [7, 11) is 0. The van der Waals surface area contributed by atoms with E-state index in [1.54, 1.807) is 6.07 Å². The minimum atomic E-state index is -0.581. The van der Waals surface area contributed by atoms with Crippen LogP contribution < -0.4 is 10.6 Å². The van der Waals surface area contributed by atoms with Gasteiger partial charge < -0.3 is 10.6 Å². The van der Waals surface area contributed by atoms with Gasteiger partial charge in [0.15, 0.2) is 0 Å². The Kier molecular flexibility index (Phi) is 5.46. The number of hydrogen-bond acceptors (Lipinski definition) is 5. The quantitative estimate of drug-likeness (QED) is 0.293. The van der Waals surface area contributed by atoms with Gasteiger partial charge in [0.05, 0.1) is 4.92 Å². The number of carbonyl (C=O) groups excluding carboxylic acids is 1. The molecule has 4 bridgehead atoms. The molecule has 0 radical (unpaired) electrons. The van der Waals surface area contributed by atoms with E-state index in [4.69, 9.17) is 11.6 Å². The van der Waals surface area contributed by atoms with Crippen molar-refractivity contribution in [1.29, 1.82) is 5.26 Å². The predicted molar refractivity (Wildman–Crippen MR) is 114 cm³/mol. The summed E-state index contributed by atoms with van der Waals surface area (Å²) in [6.45, 7) is 2.07. The van der Waals surface area contributed by atoms with Crippen LogP contribution in [0, 0.1) is 44.6 Å². The first-order chi connectivity index (χ1) is 14.3. The van der Waals surface area contributed by atoms with Gasteiger partial charge in [0.2, 0.25) is 0 Å². The zero-order valence-corrected chi connectivity index (χ0v) is 17.6. The molecule has 4 aliphatic rings. The Morgan fingerprint density at radius 3 is 2.43 bits per heavy atom. The number of nitrogens with one attached hydrogen (secondary N) is 2. The molecule has 0 aliphatic heterocycles. The van der Waals surface area contributed by atoms with Crippen molar-refractivity contribution in [3.8, 4) is 6.07 Å². The molecular weight excluding hydrogens is 404 g/mol. The largest absolute Gasteiger partial charge is 0.360 e. The van der Waals surface area contributed by atoms with Crippen LogP contribution in [0.3, 0.4) is 0 Å². The number of hydrogen-bond donors (Lipinski definition) is 2. The number of halogens is 1. The minimum absolute atomic E-state index is 0.00627. The van der Waals surface area contributed by atoms with E-state index in [0.717, 1.165) is 17.8 Å². The van der Waals surface area contributed by atoms with E-state index in [2.05, 4.69) is 17.6 Å². The highest BCUT2D eigenvalue weighted by Gasteiger charge is 2.53. The molecule has 4 saturated carbocycles. The van der Waals surface area contributed by atoms with Gasteiger partial charge in [0.25, 0.3) is 11.6 Å². The molecule has 0 spiro atoms. The average molecular weight is 429 g/mol. The molecule has 4 aliphatic carbocycles. The second-order valence-electron chi connectivity index (χ2n) is 9.21. The summed E-state index contributed by atoms with van der Waals surface area (Å²) in [5.74, 6) is 1.92. The molecule has 30 heavy (non-hydrogen) atoms. The smallest absolute Gasteiger partial charge is 0.289 e. The zero-order chi connectivity index (χ0) is 21.5. The maximum atomic E-state index is 12.8. The molecular formula is C22H25ClN4O3. The third-order valence-electron chi connectivity index (χ3n) is 7.24. The molecule has 1 aromatic carbocycles. The van der Waals surface area contributed by atoms with Crippen LogP contribution in [0.5, 0.6) is 0 Å². The minimum Gasteiger partial charge on any atom is -0.360 e. The lowest BCUT2D eigenvalue weighted by molar-refractivity contribution is -0.384.